The molecule has 1 fully saturated rings. The molecule has 0 bridgehead atoms. The van der Waals surface area contributed by atoms with Crippen LogP contribution in [-0.2, 0) is 14.3 Å². The molecule has 1 unspecified atom stereocenters. The molecular formula is C24H26Cl2N2O3. The number of carbonyl (C=O) groups is 2. The third kappa shape index (κ3) is 5.12. The van der Waals surface area contributed by atoms with Crippen LogP contribution in [0.3, 0.4) is 0 Å². The van der Waals surface area contributed by atoms with Gasteiger partial charge < -0.3 is 15.4 Å². The van der Waals surface area contributed by atoms with Crippen LogP contribution in [0.4, 0.5) is 0 Å². The van der Waals surface area contributed by atoms with E-state index in [-0.39, 0.29) is 5.91 Å². The second-order valence-electron chi connectivity index (χ2n) is 7.57. The second kappa shape index (κ2) is 10.3. The Balaban J connectivity index is 2.20. The van der Waals surface area contributed by atoms with Gasteiger partial charge in [-0.2, -0.15) is 0 Å². The van der Waals surface area contributed by atoms with Crippen molar-refractivity contribution >= 4 is 35.0 Å². The third-order valence-electron chi connectivity index (χ3n) is 5.42. The first-order chi connectivity index (χ1) is 14.9. The van der Waals surface area contributed by atoms with Gasteiger partial charge in [-0.1, -0.05) is 66.9 Å². The Morgan fingerprint density at radius 2 is 1.90 bits per heavy atom. The van der Waals surface area contributed by atoms with Gasteiger partial charge in [0.15, 0.2) is 0 Å². The molecule has 1 aliphatic rings. The number of nitrogens with two attached hydrogens (primary N) is 1. The number of primary amides is 1. The standard InChI is InChI=1S/C24H26Cl2N2O3/c1-3-6-19(23(27)29)28-21(15-10-12-17(25)13-11-15)22(16-8-5-9-18(26)14-16)31-20(7-4-2)24(28)30/h4-5,8-14,19-22H,2-3,6-7H2,1H3,(H2,27,29)/t19?,20-,21+,22-/m1/s1. The van der Waals surface area contributed by atoms with E-state index in [1.807, 2.05) is 37.3 Å². The maximum atomic E-state index is 13.5. The number of carbonyl (C=O) groups excluding carboxylic acids is 2. The van der Waals surface area contributed by atoms with Crippen LogP contribution in [0.5, 0.6) is 0 Å². The molecule has 1 heterocycles. The van der Waals surface area contributed by atoms with E-state index >= 15 is 0 Å². The monoisotopic (exact) mass is 460 g/mol. The SMILES string of the molecule is C=CC[C@H]1O[C@H](c2cccc(Cl)c2)[C@H](c2ccc(Cl)cc2)N(C(CCC)C(N)=O)C1=O. The van der Waals surface area contributed by atoms with Gasteiger partial charge in [-0.25, -0.2) is 0 Å². The summed E-state index contributed by atoms with van der Waals surface area (Å²) in [5.74, 6) is -0.825. The van der Waals surface area contributed by atoms with E-state index in [1.165, 1.54) is 0 Å². The summed E-state index contributed by atoms with van der Waals surface area (Å²) in [6, 6.07) is 13.2. The van der Waals surface area contributed by atoms with Gasteiger partial charge >= 0.3 is 0 Å². The molecule has 1 saturated heterocycles. The smallest absolute Gasteiger partial charge is 0.253 e. The van der Waals surface area contributed by atoms with E-state index in [0.29, 0.717) is 29.3 Å². The van der Waals surface area contributed by atoms with Gasteiger partial charge in [-0.3, -0.25) is 9.59 Å². The Hall–Kier alpha value is -2.34. The van der Waals surface area contributed by atoms with Crippen LogP contribution in [0.25, 0.3) is 0 Å². The Morgan fingerprint density at radius 1 is 1.19 bits per heavy atom. The summed E-state index contributed by atoms with van der Waals surface area (Å²) in [6.45, 7) is 5.70. The van der Waals surface area contributed by atoms with E-state index in [1.54, 1.807) is 29.2 Å². The molecule has 0 spiro atoms. The first kappa shape index (κ1) is 23.3. The highest BCUT2D eigenvalue weighted by Crippen LogP contribution is 2.44. The fourth-order valence-electron chi connectivity index (χ4n) is 4.05. The number of benzene rings is 2. The molecular weight excluding hydrogens is 435 g/mol. The van der Waals surface area contributed by atoms with Gasteiger partial charge in [0.25, 0.3) is 5.91 Å². The van der Waals surface area contributed by atoms with E-state index in [9.17, 15) is 9.59 Å². The molecule has 0 radical (unpaired) electrons. The highest BCUT2D eigenvalue weighted by Gasteiger charge is 2.47. The molecule has 0 aliphatic carbocycles. The molecule has 0 aromatic heterocycles. The quantitative estimate of drug-likeness (QED) is 0.547. The maximum Gasteiger partial charge on any atom is 0.253 e. The molecule has 31 heavy (non-hydrogen) atoms. The molecule has 0 saturated carbocycles. The minimum absolute atomic E-state index is 0.282. The average Bonchev–Trinajstić information content (AvgIpc) is 2.74. The van der Waals surface area contributed by atoms with Crippen molar-refractivity contribution in [3.05, 3.63) is 82.4 Å². The highest BCUT2D eigenvalue weighted by molar-refractivity contribution is 6.30. The largest absolute Gasteiger partial charge is 0.368 e. The van der Waals surface area contributed by atoms with Crippen LogP contribution in [0.1, 0.15) is 49.5 Å². The molecule has 4 atom stereocenters. The van der Waals surface area contributed by atoms with Crippen LogP contribution in [0.15, 0.2) is 61.2 Å². The first-order valence-electron chi connectivity index (χ1n) is 10.3. The summed E-state index contributed by atoms with van der Waals surface area (Å²) in [7, 11) is 0. The number of amides is 2. The average molecular weight is 461 g/mol. The minimum atomic E-state index is -0.774. The lowest BCUT2D eigenvalue weighted by atomic mass is 9.89. The zero-order chi connectivity index (χ0) is 22.5. The van der Waals surface area contributed by atoms with Gasteiger partial charge in [-0.15, -0.1) is 6.58 Å². The van der Waals surface area contributed by atoms with Crippen molar-refractivity contribution in [2.75, 3.05) is 0 Å². The normalized spacial score (nSPS) is 22.2. The van der Waals surface area contributed by atoms with Crippen LogP contribution >= 0.6 is 23.2 Å². The number of halogens is 2. The summed E-state index contributed by atoms with van der Waals surface area (Å²) < 4.78 is 6.31. The summed E-state index contributed by atoms with van der Waals surface area (Å²) in [6.07, 6.45) is 1.77. The topological polar surface area (TPSA) is 72.6 Å². The van der Waals surface area contributed by atoms with Crippen molar-refractivity contribution in [2.45, 2.75) is 50.5 Å². The third-order valence-corrected chi connectivity index (χ3v) is 5.91. The van der Waals surface area contributed by atoms with Crippen molar-refractivity contribution in [3.63, 3.8) is 0 Å². The first-order valence-corrected chi connectivity index (χ1v) is 11.0. The number of ether oxygens (including phenoxy) is 1. The number of hydrogen-bond acceptors (Lipinski definition) is 3. The van der Waals surface area contributed by atoms with Crippen LogP contribution in [0.2, 0.25) is 10.0 Å². The molecule has 7 heteroatoms. The lowest BCUT2D eigenvalue weighted by Gasteiger charge is -2.47. The Bertz CT molecular complexity index is 948. The summed E-state index contributed by atoms with van der Waals surface area (Å²) in [5, 5.41) is 1.13. The fourth-order valence-corrected chi connectivity index (χ4v) is 4.37. The van der Waals surface area contributed by atoms with Crippen molar-refractivity contribution in [2.24, 2.45) is 5.73 Å². The number of hydrogen-bond donors (Lipinski definition) is 1. The zero-order valence-corrected chi connectivity index (χ0v) is 18.9. The predicted octanol–water partition coefficient (Wildman–Crippen LogP) is 5.23. The van der Waals surface area contributed by atoms with Crippen molar-refractivity contribution in [3.8, 4) is 0 Å². The van der Waals surface area contributed by atoms with Gasteiger partial charge in [0.1, 0.15) is 18.2 Å². The Morgan fingerprint density at radius 3 is 2.48 bits per heavy atom. The van der Waals surface area contributed by atoms with Crippen molar-refractivity contribution in [1.29, 1.82) is 0 Å². The van der Waals surface area contributed by atoms with Gasteiger partial charge in [0, 0.05) is 16.5 Å². The molecule has 2 aromatic rings. The van der Waals surface area contributed by atoms with Crippen molar-refractivity contribution in [1.82, 2.24) is 4.90 Å². The molecule has 5 nitrogen and oxygen atoms in total. The molecule has 1 aliphatic heterocycles. The Kier molecular flexibility index (Phi) is 7.76. The van der Waals surface area contributed by atoms with E-state index in [4.69, 9.17) is 33.7 Å². The lowest BCUT2D eigenvalue weighted by molar-refractivity contribution is -0.180. The summed E-state index contributed by atoms with van der Waals surface area (Å²) in [4.78, 5) is 27.6. The van der Waals surface area contributed by atoms with Crippen molar-refractivity contribution < 1.29 is 14.3 Å². The molecule has 2 amide bonds. The molecule has 3 rings (SSSR count). The van der Waals surface area contributed by atoms with Crippen LogP contribution < -0.4 is 5.73 Å². The number of morpholine rings is 1. The molecule has 2 aromatic carbocycles. The highest BCUT2D eigenvalue weighted by atomic mass is 35.5. The van der Waals surface area contributed by atoms with Crippen LogP contribution in [-0.4, -0.2) is 28.9 Å². The maximum absolute atomic E-state index is 13.5. The lowest BCUT2D eigenvalue weighted by Crippen LogP contribution is -2.58. The molecule has 164 valence electrons. The van der Waals surface area contributed by atoms with E-state index in [2.05, 4.69) is 6.58 Å². The van der Waals surface area contributed by atoms with Gasteiger partial charge in [0.2, 0.25) is 5.91 Å². The van der Waals surface area contributed by atoms with E-state index in [0.717, 1.165) is 11.1 Å². The summed E-state index contributed by atoms with van der Waals surface area (Å²) in [5.41, 5.74) is 7.37. The number of rotatable bonds is 8. The molecule has 2 N–H and O–H groups in total. The summed E-state index contributed by atoms with van der Waals surface area (Å²) >= 11 is 12.4. The van der Waals surface area contributed by atoms with Gasteiger partial charge in [0.05, 0.1) is 6.04 Å². The van der Waals surface area contributed by atoms with Gasteiger partial charge in [-0.05, 0) is 41.8 Å². The predicted molar refractivity (Wildman–Crippen MR) is 123 cm³/mol. The minimum Gasteiger partial charge on any atom is -0.368 e. The second-order valence-corrected chi connectivity index (χ2v) is 8.45. The van der Waals surface area contributed by atoms with E-state index < -0.39 is 30.2 Å². The Labute approximate surface area is 192 Å². The zero-order valence-electron chi connectivity index (χ0n) is 17.3. The fraction of sp³-hybridized carbons (Fsp3) is 0.333. The van der Waals surface area contributed by atoms with Crippen LogP contribution in [0, 0.1) is 0 Å². The number of nitrogens with zero attached hydrogens (tertiary/aromatic N) is 1.